The standard InChI is InChI=1S/C24H21NO4.C5H11Cl/c26-23(27)22(14-16-8-2-1-3-9-16)25-24(28)29-15-21-19-12-6-4-10-17(19)18-11-5-7-13-20(18)21;1-2-3-4-5-6/h1-13,21-22H,14-15H2,(H,25,28)(H,26,27);2-5H2,1H3. The van der Waals surface area contributed by atoms with E-state index in [1.165, 1.54) is 19.3 Å². The van der Waals surface area contributed by atoms with Crippen molar-refractivity contribution in [3.05, 3.63) is 95.6 Å². The summed E-state index contributed by atoms with van der Waals surface area (Å²) in [7, 11) is 0. The van der Waals surface area contributed by atoms with E-state index in [-0.39, 0.29) is 18.9 Å². The number of aliphatic carboxylic acids is 1. The van der Waals surface area contributed by atoms with Crippen molar-refractivity contribution in [3.8, 4) is 11.1 Å². The normalized spacial score (nSPS) is 12.5. The molecule has 0 aromatic heterocycles. The van der Waals surface area contributed by atoms with Crippen LogP contribution in [0.1, 0.15) is 48.8 Å². The lowest BCUT2D eigenvalue weighted by Gasteiger charge is -2.17. The van der Waals surface area contributed by atoms with Crippen molar-refractivity contribution in [1.82, 2.24) is 5.32 Å². The molecule has 3 aromatic rings. The molecule has 0 aliphatic heterocycles. The Morgan fingerprint density at radius 2 is 1.49 bits per heavy atom. The van der Waals surface area contributed by atoms with Crippen molar-refractivity contribution < 1.29 is 19.4 Å². The summed E-state index contributed by atoms with van der Waals surface area (Å²) in [6.07, 6.45) is 3.20. The molecular formula is C29H32ClNO4. The Labute approximate surface area is 212 Å². The molecule has 0 bridgehead atoms. The van der Waals surface area contributed by atoms with Crippen LogP contribution in [0.3, 0.4) is 0 Å². The van der Waals surface area contributed by atoms with Crippen LogP contribution in [0.5, 0.6) is 0 Å². The van der Waals surface area contributed by atoms with Gasteiger partial charge < -0.3 is 15.2 Å². The van der Waals surface area contributed by atoms with Gasteiger partial charge in [-0.25, -0.2) is 9.59 Å². The fourth-order valence-electron chi connectivity index (χ4n) is 4.18. The van der Waals surface area contributed by atoms with Crippen LogP contribution in [0.25, 0.3) is 11.1 Å². The first-order valence-corrected chi connectivity index (χ1v) is 12.5. The third kappa shape index (κ3) is 7.33. The Hall–Kier alpha value is -3.31. The first-order chi connectivity index (χ1) is 17.0. The van der Waals surface area contributed by atoms with Crippen LogP contribution in [0, 0.1) is 0 Å². The predicted octanol–water partition coefficient (Wildman–Crippen LogP) is 6.64. The quantitative estimate of drug-likeness (QED) is 0.259. The largest absolute Gasteiger partial charge is 0.480 e. The summed E-state index contributed by atoms with van der Waals surface area (Å²) in [5, 5.41) is 11.9. The van der Waals surface area contributed by atoms with Gasteiger partial charge in [-0.2, -0.15) is 0 Å². The van der Waals surface area contributed by atoms with Gasteiger partial charge in [0.25, 0.3) is 0 Å². The summed E-state index contributed by atoms with van der Waals surface area (Å²) in [4.78, 5) is 23.9. The van der Waals surface area contributed by atoms with Gasteiger partial charge in [-0.15, -0.1) is 11.6 Å². The van der Waals surface area contributed by atoms with Crippen LogP contribution < -0.4 is 5.32 Å². The molecule has 0 saturated carbocycles. The number of alkyl carbamates (subject to hydrolysis) is 1. The van der Waals surface area contributed by atoms with Gasteiger partial charge >= 0.3 is 12.1 Å². The molecule has 184 valence electrons. The fraction of sp³-hybridized carbons (Fsp3) is 0.310. The zero-order chi connectivity index (χ0) is 25.0. The summed E-state index contributed by atoms with van der Waals surface area (Å²) in [6.45, 7) is 2.32. The number of carboxylic acid groups (broad SMARTS) is 1. The lowest BCUT2D eigenvalue weighted by molar-refractivity contribution is -0.139. The molecule has 0 saturated heterocycles. The molecule has 1 atom stereocenters. The number of rotatable bonds is 9. The molecule has 0 radical (unpaired) electrons. The molecule has 1 aliphatic rings. The minimum Gasteiger partial charge on any atom is -0.480 e. The highest BCUT2D eigenvalue weighted by atomic mass is 35.5. The number of ether oxygens (including phenoxy) is 1. The van der Waals surface area contributed by atoms with Crippen LogP contribution >= 0.6 is 11.6 Å². The van der Waals surface area contributed by atoms with E-state index in [1.807, 2.05) is 66.7 Å². The molecule has 5 nitrogen and oxygen atoms in total. The van der Waals surface area contributed by atoms with E-state index in [1.54, 1.807) is 0 Å². The number of unbranched alkanes of at least 4 members (excludes halogenated alkanes) is 2. The topological polar surface area (TPSA) is 75.6 Å². The summed E-state index contributed by atoms with van der Waals surface area (Å²) in [5.74, 6) is -0.332. The van der Waals surface area contributed by atoms with Crippen LogP contribution in [-0.2, 0) is 16.0 Å². The first kappa shape index (κ1) is 26.3. The number of halogens is 1. The Morgan fingerprint density at radius 1 is 0.914 bits per heavy atom. The number of hydrogen-bond acceptors (Lipinski definition) is 3. The second kappa shape index (κ2) is 13.5. The SMILES string of the molecule is CCCCCCl.O=C(NC(Cc1ccccc1)C(=O)O)OCC1c2ccccc2-c2ccccc21. The fourth-order valence-corrected chi connectivity index (χ4v) is 4.37. The van der Waals surface area contributed by atoms with E-state index in [2.05, 4.69) is 24.4 Å². The molecule has 3 aromatic carbocycles. The third-order valence-electron chi connectivity index (χ3n) is 5.95. The lowest BCUT2D eigenvalue weighted by Crippen LogP contribution is -2.42. The van der Waals surface area contributed by atoms with E-state index >= 15 is 0 Å². The smallest absolute Gasteiger partial charge is 0.407 e. The van der Waals surface area contributed by atoms with E-state index in [4.69, 9.17) is 16.3 Å². The molecule has 1 unspecified atom stereocenters. The van der Waals surface area contributed by atoms with Crippen molar-refractivity contribution in [2.75, 3.05) is 12.5 Å². The highest BCUT2D eigenvalue weighted by Gasteiger charge is 2.29. The minimum absolute atomic E-state index is 0.0643. The molecule has 2 N–H and O–H groups in total. The van der Waals surface area contributed by atoms with E-state index in [0.29, 0.717) is 0 Å². The van der Waals surface area contributed by atoms with Gasteiger partial charge in [0.15, 0.2) is 0 Å². The molecule has 1 aliphatic carbocycles. The molecule has 0 heterocycles. The van der Waals surface area contributed by atoms with E-state index < -0.39 is 18.1 Å². The maximum Gasteiger partial charge on any atom is 0.407 e. The molecule has 1 amide bonds. The third-order valence-corrected chi connectivity index (χ3v) is 6.22. The Kier molecular flexibility index (Phi) is 10.2. The van der Waals surface area contributed by atoms with Gasteiger partial charge in [0.1, 0.15) is 12.6 Å². The number of nitrogens with one attached hydrogen (secondary N) is 1. The van der Waals surface area contributed by atoms with Gasteiger partial charge in [0.05, 0.1) is 0 Å². The van der Waals surface area contributed by atoms with Crippen LogP contribution in [0.15, 0.2) is 78.9 Å². The minimum atomic E-state index is -1.10. The highest BCUT2D eigenvalue weighted by molar-refractivity contribution is 6.17. The Balaban J connectivity index is 0.000000509. The monoisotopic (exact) mass is 493 g/mol. The van der Waals surface area contributed by atoms with Gasteiger partial charge in [0, 0.05) is 18.2 Å². The van der Waals surface area contributed by atoms with Crippen molar-refractivity contribution in [2.24, 2.45) is 0 Å². The molecule has 0 fully saturated rings. The van der Waals surface area contributed by atoms with Crippen molar-refractivity contribution in [1.29, 1.82) is 0 Å². The highest BCUT2D eigenvalue weighted by Crippen LogP contribution is 2.44. The number of benzene rings is 3. The number of carbonyl (C=O) groups is 2. The van der Waals surface area contributed by atoms with Crippen molar-refractivity contribution in [2.45, 2.75) is 44.6 Å². The molecule has 35 heavy (non-hydrogen) atoms. The summed E-state index contributed by atoms with van der Waals surface area (Å²) < 4.78 is 5.44. The molecule has 6 heteroatoms. The summed E-state index contributed by atoms with van der Waals surface area (Å²) in [5.41, 5.74) is 5.34. The van der Waals surface area contributed by atoms with Gasteiger partial charge in [-0.1, -0.05) is 98.6 Å². The molecule has 4 rings (SSSR count). The average Bonchev–Trinajstić information content (AvgIpc) is 3.20. The Morgan fingerprint density at radius 3 is 2.00 bits per heavy atom. The van der Waals surface area contributed by atoms with Gasteiger partial charge in [0.2, 0.25) is 0 Å². The number of hydrogen-bond donors (Lipinski definition) is 2. The Bertz CT molecular complexity index is 1050. The van der Waals surface area contributed by atoms with Crippen molar-refractivity contribution in [3.63, 3.8) is 0 Å². The van der Waals surface area contributed by atoms with E-state index in [9.17, 15) is 14.7 Å². The first-order valence-electron chi connectivity index (χ1n) is 12.0. The zero-order valence-electron chi connectivity index (χ0n) is 20.0. The molecular weight excluding hydrogens is 462 g/mol. The lowest BCUT2D eigenvalue weighted by atomic mass is 9.98. The van der Waals surface area contributed by atoms with Gasteiger partial charge in [-0.3, -0.25) is 0 Å². The summed E-state index contributed by atoms with van der Waals surface area (Å²) >= 11 is 5.38. The zero-order valence-corrected chi connectivity index (χ0v) is 20.7. The van der Waals surface area contributed by atoms with Crippen LogP contribution in [0.4, 0.5) is 4.79 Å². The van der Waals surface area contributed by atoms with Crippen LogP contribution in [-0.4, -0.2) is 35.7 Å². The predicted molar refractivity (Wildman–Crippen MR) is 140 cm³/mol. The van der Waals surface area contributed by atoms with E-state index in [0.717, 1.165) is 33.7 Å². The summed E-state index contributed by atoms with van der Waals surface area (Å²) in [6, 6.07) is 24.3. The van der Waals surface area contributed by atoms with Gasteiger partial charge in [-0.05, 0) is 34.2 Å². The second-order valence-corrected chi connectivity index (χ2v) is 8.82. The molecule has 0 spiro atoms. The van der Waals surface area contributed by atoms with Crippen LogP contribution in [0.2, 0.25) is 0 Å². The number of carbonyl (C=O) groups excluding carboxylic acids is 1. The number of amides is 1. The maximum atomic E-state index is 12.3. The second-order valence-electron chi connectivity index (χ2n) is 8.45. The number of alkyl halides is 1. The average molecular weight is 494 g/mol. The number of carboxylic acids is 1. The maximum absolute atomic E-state index is 12.3. The number of fused-ring (bicyclic) bond motifs is 3. The van der Waals surface area contributed by atoms with Crippen molar-refractivity contribution >= 4 is 23.7 Å².